The van der Waals surface area contributed by atoms with Crippen LogP contribution in [0.3, 0.4) is 0 Å². The number of nitrogens with zero attached hydrogens (tertiary/aromatic N) is 1. The number of hydrazone groups is 1. The molecule has 0 aliphatic rings. The van der Waals surface area contributed by atoms with E-state index in [2.05, 4.69) is 10.5 Å². The quantitative estimate of drug-likeness (QED) is 0.330. The predicted molar refractivity (Wildman–Crippen MR) is 106 cm³/mol. The molecule has 0 saturated heterocycles. The molecule has 0 unspecified atom stereocenters. The van der Waals surface area contributed by atoms with Gasteiger partial charge in [-0.3, -0.25) is 4.79 Å². The summed E-state index contributed by atoms with van der Waals surface area (Å²) in [5.41, 5.74) is 2.53. The third kappa shape index (κ3) is 7.35. The molecule has 0 bridgehead atoms. The van der Waals surface area contributed by atoms with Crippen LogP contribution in [0, 0.1) is 0 Å². The highest BCUT2D eigenvalue weighted by Crippen LogP contribution is 2.15. The van der Waals surface area contributed by atoms with E-state index < -0.39 is 27.7 Å². The lowest BCUT2D eigenvalue weighted by Gasteiger charge is -2.18. The van der Waals surface area contributed by atoms with Crippen molar-refractivity contribution in [3.8, 4) is 5.75 Å². The molecule has 1 amide bonds. The molecule has 0 radical (unpaired) electrons. The Kier molecular flexibility index (Phi) is 6.72. The Balaban J connectivity index is 1.91. The Hall–Kier alpha value is -3.24. The molecule has 0 aliphatic carbocycles. The van der Waals surface area contributed by atoms with Gasteiger partial charge in [0.1, 0.15) is 11.4 Å². The maximum atomic E-state index is 12.0. The number of nitrogens with one attached hydrogen (secondary N) is 1. The lowest BCUT2D eigenvalue weighted by molar-refractivity contribution is 0.0206. The molecule has 2 aromatic rings. The van der Waals surface area contributed by atoms with E-state index in [1.807, 2.05) is 0 Å². The van der Waals surface area contributed by atoms with Crippen molar-refractivity contribution in [1.29, 1.82) is 0 Å². The maximum absolute atomic E-state index is 12.0. The number of ether oxygens (including phenoxy) is 2. The normalized spacial score (nSPS) is 11.9. The summed E-state index contributed by atoms with van der Waals surface area (Å²) < 4.78 is 32.5. The van der Waals surface area contributed by atoms with E-state index in [-0.39, 0.29) is 10.5 Å². The van der Waals surface area contributed by atoms with E-state index in [4.69, 9.17) is 14.6 Å². The number of hydrogen-bond donors (Lipinski definition) is 2. The topological polar surface area (TPSA) is 137 Å². The number of carbonyl (C=O) groups is 2. The molecule has 0 fully saturated rings. The fourth-order valence-corrected chi connectivity index (χ4v) is 2.53. The van der Waals surface area contributed by atoms with Crippen LogP contribution in [0.2, 0.25) is 0 Å². The summed E-state index contributed by atoms with van der Waals surface area (Å²) in [6, 6.07) is 11.5. The summed E-state index contributed by atoms with van der Waals surface area (Å²) in [4.78, 5) is 23.5. The third-order valence-corrected chi connectivity index (χ3v) is 4.22. The van der Waals surface area contributed by atoms with Crippen molar-refractivity contribution in [3.05, 3.63) is 59.7 Å². The zero-order valence-electron chi connectivity index (χ0n) is 16.1. The van der Waals surface area contributed by atoms with Crippen LogP contribution in [0.4, 0.5) is 4.79 Å². The van der Waals surface area contributed by atoms with Crippen molar-refractivity contribution >= 4 is 28.3 Å². The number of benzene rings is 2. The lowest BCUT2D eigenvalue weighted by atomic mass is 10.2. The SMILES string of the molecule is CC(C)(C)OC(=O)Oc1ccc(C=NNC(=O)c2ccc(S(N)(=O)=O)cc2)cc1. The second-order valence-electron chi connectivity index (χ2n) is 6.90. The minimum absolute atomic E-state index is 0.0914. The van der Waals surface area contributed by atoms with Gasteiger partial charge in [0, 0.05) is 5.56 Å². The summed E-state index contributed by atoms with van der Waals surface area (Å²) in [5.74, 6) is -0.220. The van der Waals surface area contributed by atoms with Crippen LogP contribution in [0.5, 0.6) is 5.75 Å². The molecular formula is C19H21N3O6S. The molecule has 0 atom stereocenters. The van der Waals surface area contributed by atoms with Crippen LogP contribution in [-0.2, 0) is 14.8 Å². The Morgan fingerprint density at radius 3 is 2.14 bits per heavy atom. The Morgan fingerprint density at radius 1 is 1.03 bits per heavy atom. The van der Waals surface area contributed by atoms with Crippen molar-refractivity contribution in [2.45, 2.75) is 31.3 Å². The third-order valence-electron chi connectivity index (χ3n) is 3.30. The van der Waals surface area contributed by atoms with Gasteiger partial charge in [-0.25, -0.2) is 23.8 Å². The number of carbonyl (C=O) groups excluding carboxylic acids is 2. The van der Waals surface area contributed by atoms with E-state index in [9.17, 15) is 18.0 Å². The van der Waals surface area contributed by atoms with Crippen molar-refractivity contribution in [2.24, 2.45) is 10.2 Å². The van der Waals surface area contributed by atoms with E-state index in [0.29, 0.717) is 11.3 Å². The molecule has 0 heterocycles. The van der Waals surface area contributed by atoms with Gasteiger partial charge in [-0.05, 0) is 74.9 Å². The summed E-state index contributed by atoms with van der Waals surface area (Å²) in [7, 11) is -3.82. The molecule has 0 saturated carbocycles. The largest absolute Gasteiger partial charge is 0.514 e. The van der Waals surface area contributed by atoms with Crippen LogP contribution in [0.25, 0.3) is 0 Å². The van der Waals surface area contributed by atoms with Crippen LogP contribution >= 0.6 is 0 Å². The van der Waals surface area contributed by atoms with Gasteiger partial charge >= 0.3 is 6.16 Å². The van der Waals surface area contributed by atoms with E-state index in [1.54, 1.807) is 45.0 Å². The minimum atomic E-state index is -3.82. The standard InChI is InChI=1S/C19H21N3O6S/c1-19(2,3)28-18(24)27-15-8-4-13(5-9-15)12-21-22-17(23)14-6-10-16(11-7-14)29(20,25)26/h4-12H,1-3H3,(H,22,23)(H2,20,25,26). The minimum Gasteiger partial charge on any atom is -0.428 e. The molecule has 0 aromatic heterocycles. The summed E-state index contributed by atoms with van der Waals surface area (Å²) in [6.45, 7) is 5.20. The van der Waals surface area contributed by atoms with Crippen LogP contribution in [0.1, 0.15) is 36.7 Å². The Labute approximate surface area is 168 Å². The first-order valence-corrected chi connectivity index (χ1v) is 9.96. The fourth-order valence-electron chi connectivity index (χ4n) is 2.01. The fraction of sp³-hybridized carbons (Fsp3) is 0.211. The highest BCUT2D eigenvalue weighted by molar-refractivity contribution is 7.89. The van der Waals surface area contributed by atoms with Gasteiger partial charge < -0.3 is 9.47 Å². The van der Waals surface area contributed by atoms with E-state index in [1.165, 1.54) is 30.5 Å². The summed E-state index contributed by atoms with van der Waals surface area (Å²) >= 11 is 0. The number of sulfonamides is 1. The van der Waals surface area contributed by atoms with Gasteiger partial charge in [0.15, 0.2) is 0 Å². The second-order valence-corrected chi connectivity index (χ2v) is 8.47. The molecule has 29 heavy (non-hydrogen) atoms. The van der Waals surface area contributed by atoms with Crippen molar-refractivity contribution in [1.82, 2.24) is 5.43 Å². The average Bonchev–Trinajstić information content (AvgIpc) is 2.61. The zero-order chi connectivity index (χ0) is 21.7. The maximum Gasteiger partial charge on any atom is 0.514 e. The molecule has 2 aromatic carbocycles. The first-order valence-electron chi connectivity index (χ1n) is 8.41. The zero-order valence-corrected chi connectivity index (χ0v) is 16.9. The number of nitrogens with two attached hydrogens (primary N) is 1. The van der Waals surface area contributed by atoms with Gasteiger partial charge in [-0.1, -0.05) is 0 Å². The number of primary sulfonamides is 1. The molecular weight excluding hydrogens is 398 g/mol. The molecule has 10 heteroatoms. The average molecular weight is 419 g/mol. The van der Waals surface area contributed by atoms with Crippen molar-refractivity contribution in [3.63, 3.8) is 0 Å². The number of rotatable bonds is 5. The predicted octanol–water partition coefficient (Wildman–Crippen LogP) is 2.41. The van der Waals surface area contributed by atoms with Crippen LogP contribution in [-0.4, -0.2) is 32.3 Å². The monoisotopic (exact) mass is 419 g/mol. The lowest BCUT2D eigenvalue weighted by Crippen LogP contribution is -2.25. The van der Waals surface area contributed by atoms with Gasteiger partial charge in [0.2, 0.25) is 10.0 Å². The molecule has 9 nitrogen and oxygen atoms in total. The van der Waals surface area contributed by atoms with Gasteiger partial charge in [0.25, 0.3) is 5.91 Å². The summed E-state index contributed by atoms with van der Waals surface area (Å²) in [6.07, 6.45) is 0.591. The number of hydrogen-bond acceptors (Lipinski definition) is 7. The highest BCUT2D eigenvalue weighted by atomic mass is 32.2. The smallest absolute Gasteiger partial charge is 0.428 e. The van der Waals surface area contributed by atoms with Gasteiger partial charge in [-0.2, -0.15) is 5.10 Å². The first-order chi connectivity index (χ1) is 13.4. The van der Waals surface area contributed by atoms with Crippen molar-refractivity contribution < 1.29 is 27.5 Å². The number of amides is 1. The highest BCUT2D eigenvalue weighted by Gasteiger charge is 2.17. The Bertz CT molecular complexity index is 1010. The second kappa shape index (κ2) is 8.84. The van der Waals surface area contributed by atoms with Crippen molar-refractivity contribution in [2.75, 3.05) is 0 Å². The molecule has 0 aliphatic heterocycles. The molecule has 0 spiro atoms. The van der Waals surface area contributed by atoms with Gasteiger partial charge in [-0.15, -0.1) is 0 Å². The molecule has 3 N–H and O–H groups in total. The first kappa shape index (κ1) is 22.1. The van der Waals surface area contributed by atoms with E-state index in [0.717, 1.165) is 0 Å². The van der Waals surface area contributed by atoms with Crippen LogP contribution < -0.4 is 15.3 Å². The van der Waals surface area contributed by atoms with E-state index >= 15 is 0 Å². The molecule has 2 rings (SSSR count). The molecule has 154 valence electrons. The summed E-state index contributed by atoms with van der Waals surface area (Å²) in [5, 5.41) is 8.83. The van der Waals surface area contributed by atoms with Crippen LogP contribution in [0.15, 0.2) is 58.5 Å². The van der Waals surface area contributed by atoms with Gasteiger partial charge in [0.05, 0.1) is 11.1 Å². The Morgan fingerprint density at radius 2 is 1.62 bits per heavy atom.